The molecule has 1 fully saturated rings. The topological polar surface area (TPSA) is 55.4 Å². The Morgan fingerprint density at radius 3 is 1.89 bits per heavy atom. The Kier molecular flexibility index (Phi) is 7.80. The number of β-amino-alcohol motifs (C(OH)–C–C–N with tert-alkyl or cyclic N) is 1. The van der Waals surface area contributed by atoms with Crippen LogP contribution in [-0.2, 0) is 5.41 Å². The number of rotatable bonds is 7. The van der Waals surface area contributed by atoms with E-state index in [4.69, 9.17) is 4.98 Å². The third-order valence-corrected chi connectivity index (χ3v) is 7.70. The highest BCUT2D eigenvalue weighted by atomic mass is 16.3. The predicted octanol–water partition coefficient (Wildman–Crippen LogP) is 6.12. The second-order valence-corrected chi connectivity index (χ2v) is 11.5. The molecule has 1 aliphatic heterocycles. The number of hydrogen-bond donors (Lipinski definition) is 2. The monoisotopic (exact) mass is 508 g/mol. The lowest BCUT2D eigenvalue weighted by Gasteiger charge is -2.40. The summed E-state index contributed by atoms with van der Waals surface area (Å²) >= 11 is 0. The summed E-state index contributed by atoms with van der Waals surface area (Å²) in [6, 6.07) is 30.3. The van der Waals surface area contributed by atoms with Crippen molar-refractivity contribution in [2.45, 2.75) is 45.3 Å². The minimum Gasteiger partial charge on any atom is -0.385 e. The number of aryl methyl sites for hydroxylation is 1. The predicted molar refractivity (Wildman–Crippen MR) is 155 cm³/mol. The van der Waals surface area contributed by atoms with Gasteiger partial charge >= 0.3 is 0 Å². The van der Waals surface area contributed by atoms with Gasteiger partial charge in [0.25, 0.3) is 0 Å². The van der Waals surface area contributed by atoms with Crippen LogP contribution < -0.4 is 0 Å². The van der Waals surface area contributed by atoms with Gasteiger partial charge in [-0.15, -0.1) is 0 Å². The largest absolute Gasteiger partial charge is 0.385 e. The lowest BCUT2D eigenvalue weighted by molar-refractivity contribution is 0.0606. The number of aliphatic hydroxyl groups is 1. The van der Waals surface area contributed by atoms with Crippen molar-refractivity contribution in [2.75, 3.05) is 32.7 Å². The Morgan fingerprint density at radius 2 is 1.37 bits per heavy atom. The van der Waals surface area contributed by atoms with Gasteiger partial charge in [-0.3, -0.25) is 9.80 Å². The van der Waals surface area contributed by atoms with Crippen molar-refractivity contribution in [2.24, 2.45) is 0 Å². The zero-order valence-corrected chi connectivity index (χ0v) is 23.1. The smallest absolute Gasteiger partial charge is 0.137 e. The first-order valence-electron chi connectivity index (χ1n) is 13.7. The van der Waals surface area contributed by atoms with Crippen LogP contribution in [0.3, 0.4) is 0 Å². The minimum atomic E-state index is -0.626. The van der Waals surface area contributed by atoms with Crippen LogP contribution in [0.2, 0.25) is 0 Å². The molecule has 3 aromatic carbocycles. The van der Waals surface area contributed by atoms with Crippen LogP contribution >= 0.6 is 0 Å². The fraction of sp³-hybridized carbons (Fsp3) is 0.364. The molecule has 5 heteroatoms. The van der Waals surface area contributed by atoms with Crippen molar-refractivity contribution in [3.05, 3.63) is 113 Å². The summed E-state index contributed by atoms with van der Waals surface area (Å²) in [7, 11) is 0. The molecule has 1 aromatic heterocycles. The summed E-state index contributed by atoms with van der Waals surface area (Å²) in [5, 5.41) is 11.2. The molecular formula is C33H40N4O. The van der Waals surface area contributed by atoms with Crippen LogP contribution in [0, 0.1) is 6.92 Å². The van der Waals surface area contributed by atoms with Crippen molar-refractivity contribution in [3.8, 4) is 11.4 Å². The van der Waals surface area contributed by atoms with E-state index in [9.17, 15) is 5.11 Å². The molecule has 4 aromatic rings. The number of H-pyrrole nitrogens is 1. The molecule has 1 atom stereocenters. The lowest BCUT2D eigenvalue weighted by Crippen LogP contribution is -2.48. The number of aliphatic hydroxyl groups excluding tert-OH is 1. The van der Waals surface area contributed by atoms with E-state index in [0.29, 0.717) is 6.54 Å². The summed E-state index contributed by atoms with van der Waals surface area (Å²) in [5.41, 5.74) is 6.77. The Morgan fingerprint density at radius 1 is 0.816 bits per heavy atom. The van der Waals surface area contributed by atoms with Gasteiger partial charge in [0, 0.05) is 44.0 Å². The van der Waals surface area contributed by atoms with Gasteiger partial charge in [-0.05, 0) is 29.0 Å². The molecule has 5 nitrogen and oxygen atoms in total. The second kappa shape index (κ2) is 11.2. The first-order valence-corrected chi connectivity index (χ1v) is 13.7. The maximum Gasteiger partial charge on any atom is 0.137 e. The fourth-order valence-electron chi connectivity index (χ4n) is 5.48. The highest BCUT2D eigenvalue weighted by molar-refractivity contribution is 5.57. The third-order valence-electron chi connectivity index (χ3n) is 7.70. The van der Waals surface area contributed by atoms with Crippen LogP contribution in [0.25, 0.3) is 11.4 Å². The number of imidazole rings is 1. The second-order valence-electron chi connectivity index (χ2n) is 11.5. The van der Waals surface area contributed by atoms with E-state index in [1.165, 1.54) is 16.7 Å². The SMILES string of the molecule is Cc1[nH]c(-c2ccc(C(C)(C)C)cc2)nc1C(O)CN1CCN(C(c2ccccc2)c2ccccc2)CC1. The molecule has 198 valence electrons. The van der Waals surface area contributed by atoms with E-state index in [2.05, 4.69) is 120 Å². The quantitative estimate of drug-likeness (QED) is 0.316. The molecular weight excluding hydrogens is 468 g/mol. The molecule has 5 rings (SSSR count). The molecule has 1 saturated heterocycles. The Labute approximate surface area is 227 Å². The normalized spacial score (nSPS) is 16.2. The summed E-state index contributed by atoms with van der Waals surface area (Å²) in [6.45, 7) is 13.0. The summed E-state index contributed by atoms with van der Waals surface area (Å²) < 4.78 is 0. The van der Waals surface area contributed by atoms with Gasteiger partial charge in [0.15, 0.2) is 0 Å². The van der Waals surface area contributed by atoms with Gasteiger partial charge in [-0.2, -0.15) is 0 Å². The van der Waals surface area contributed by atoms with E-state index < -0.39 is 6.10 Å². The molecule has 2 heterocycles. The molecule has 0 bridgehead atoms. The molecule has 0 saturated carbocycles. The molecule has 0 radical (unpaired) electrons. The maximum atomic E-state index is 11.2. The number of nitrogens with one attached hydrogen (secondary N) is 1. The number of hydrogen-bond acceptors (Lipinski definition) is 4. The van der Waals surface area contributed by atoms with Crippen LogP contribution in [0.1, 0.15) is 61.0 Å². The van der Waals surface area contributed by atoms with Gasteiger partial charge < -0.3 is 10.1 Å². The van der Waals surface area contributed by atoms with Crippen LogP contribution in [0.4, 0.5) is 0 Å². The van der Waals surface area contributed by atoms with E-state index >= 15 is 0 Å². The van der Waals surface area contributed by atoms with Gasteiger partial charge in [-0.25, -0.2) is 4.98 Å². The van der Waals surface area contributed by atoms with Crippen molar-refractivity contribution in [3.63, 3.8) is 0 Å². The molecule has 38 heavy (non-hydrogen) atoms. The first-order chi connectivity index (χ1) is 18.3. The maximum absolute atomic E-state index is 11.2. The van der Waals surface area contributed by atoms with Crippen LogP contribution in [0.5, 0.6) is 0 Å². The van der Waals surface area contributed by atoms with E-state index in [0.717, 1.165) is 49.0 Å². The summed E-state index contributed by atoms with van der Waals surface area (Å²) in [5.74, 6) is 0.815. The molecule has 0 aliphatic carbocycles. The van der Waals surface area contributed by atoms with E-state index in [1.807, 2.05) is 6.92 Å². The van der Waals surface area contributed by atoms with Gasteiger partial charge in [-0.1, -0.05) is 106 Å². The van der Waals surface area contributed by atoms with Crippen molar-refractivity contribution < 1.29 is 5.11 Å². The third kappa shape index (κ3) is 5.91. The zero-order chi connectivity index (χ0) is 26.7. The average Bonchev–Trinajstić information content (AvgIpc) is 3.32. The van der Waals surface area contributed by atoms with E-state index in [-0.39, 0.29) is 11.5 Å². The number of benzene rings is 3. The van der Waals surface area contributed by atoms with Gasteiger partial charge in [0.05, 0.1) is 11.7 Å². The average molecular weight is 509 g/mol. The van der Waals surface area contributed by atoms with Crippen molar-refractivity contribution >= 4 is 0 Å². The number of aromatic nitrogens is 2. The first kappa shape index (κ1) is 26.4. The summed E-state index contributed by atoms with van der Waals surface area (Å²) in [6.07, 6.45) is -0.626. The highest BCUT2D eigenvalue weighted by Crippen LogP contribution is 2.30. The fourth-order valence-corrected chi connectivity index (χ4v) is 5.48. The number of piperazine rings is 1. The molecule has 1 unspecified atom stereocenters. The Balaban J connectivity index is 1.24. The minimum absolute atomic E-state index is 0.116. The lowest BCUT2D eigenvalue weighted by atomic mass is 9.87. The Hall–Kier alpha value is -3.25. The molecule has 0 amide bonds. The summed E-state index contributed by atoms with van der Waals surface area (Å²) in [4.78, 5) is 13.1. The van der Waals surface area contributed by atoms with E-state index in [1.54, 1.807) is 0 Å². The van der Waals surface area contributed by atoms with Crippen molar-refractivity contribution in [1.29, 1.82) is 0 Å². The standard InChI is InChI=1S/C33H40N4O/c1-24-30(35-32(34-24)27-15-17-28(18-16-27)33(2,3)4)29(38)23-36-19-21-37(22-20-36)31(25-11-7-5-8-12-25)26-13-9-6-10-14-26/h5-18,29,31,38H,19-23H2,1-4H3,(H,34,35). The Bertz CT molecular complexity index is 1260. The molecule has 0 spiro atoms. The van der Waals surface area contributed by atoms with Gasteiger partial charge in [0.1, 0.15) is 11.9 Å². The molecule has 1 aliphatic rings. The number of nitrogens with zero attached hydrogens (tertiary/aromatic N) is 3. The zero-order valence-electron chi connectivity index (χ0n) is 23.1. The van der Waals surface area contributed by atoms with Crippen LogP contribution in [0.15, 0.2) is 84.9 Å². The van der Waals surface area contributed by atoms with Crippen molar-refractivity contribution in [1.82, 2.24) is 19.8 Å². The molecule has 2 N–H and O–H groups in total. The highest BCUT2D eigenvalue weighted by Gasteiger charge is 2.28. The number of aromatic amines is 1. The van der Waals surface area contributed by atoms with Crippen LogP contribution in [-0.4, -0.2) is 57.6 Å². The van der Waals surface area contributed by atoms with Gasteiger partial charge in [0.2, 0.25) is 0 Å².